The maximum absolute atomic E-state index is 5.31. The van der Waals surface area contributed by atoms with Gasteiger partial charge in [-0.05, 0) is 16.8 Å². The minimum Gasteiger partial charge on any atom is -0.496 e. The van der Waals surface area contributed by atoms with Crippen molar-refractivity contribution in [2.45, 2.75) is 5.33 Å². The summed E-state index contributed by atoms with van der Waals surface area (Å²) in [4.78, 5) is 0. The lowest BCUT2D eigenvalue weighted by atomic mass is 10.1. The Morgan fingerprint density at radius 1 is 1.14 bits per heavy atom. The van der Waals surface area contributed by atoms with Gasteiger partial charge in [-0.25, -0.2) is 0 Å². The lowest BCUT2D eigenvalue weighted by molar-refractivity contribution is 0.412. The first-order valence-corrected chi connectivity index (χ1v) is 5.59. The highest BCUT2D eigenvalue weighted by Crippen LogP contribution is 2.29. The lowest BCUT2D eigenvalue weighted by Crippen LogP contribution is -1.90. The van der Waals surface area contributed by atoms with Crippen LogP contribution in [0, 0.1) is 0 Å². The molecule has 14 heavy (non-hydrogen) atoms. The fourth-order valence-corrected chi connectivity index (χ4v) is 2.22. The molecule has 0 atom stereocenters. The molecule has 0 aromatic heterocycles. The van der Waals surface area contributed by atoms with Crippen LogP contribution in [0.1, 0.15) is 5.56 Å². The van der Waals surface area contributed by atoms with E-state index in [2.05, 4.69) is 34.1 Å². The van der Waals surface area contributed by atoms with Gasteiger partial charge < -0.3 is 4.74 Å². The highest BCUT2D eigenvalue weighted by atomic mass is 79.9. The minimum absolute atomic E-state index is 0.817. The van der Waals surface area contributed by atoms with Crippen LogP contribution in [0.4, 0.5) is 0 Å². The van der Waals surface area contributed by atoms with E-state index in [9.17, 15) is 0 Å². The van der Waals surface area contributed by atoms with Crippen molar-refractivity contribution in [3.05, 3.63) is 42.0 Å². The van der Waals surface area contributed by atoms with E-state index in [1.165, 1.54) is 16.3 Å². The van der Waals surface area contributed by atoms with E-state index in [1.807, 2.05) is 18.2 Å². The van der Waals surface area contributed by atoms with Gasteiger partial charge in [0.05, 0.1) is 7.11 Å². The number of ether oxygens (including phenoxy) is 1. The molecule has 0 bridgehead atoms. The summed E-state index contributed by atoms with van der Waals surface area (Å²) in [7, 11) is 1.70. The zero-order valence-corrected chi connectivity index (χ0v) is 9.54. The Morgan fingerprint density at radius 3 is 2.64 bits per heavy atom. The van der Waals surface area contributed by atoms with Crippen LogP contribution in [-0.2, 0) is 5.33 Å². The molecule has 72 valence electrons. The smallest absolute Gasteiger partial charge is 0.123 e. The quantitative estimate of drug-likeness (QED) is 0.738. The molecule has 0 N–H and O–H groups in total. The molecule has 0 aliphatic heterocycles. The van der Waals surface area contributed by atoms with Gasteiger partial charge in [-0.2, -0.15) is 0 Å². The number of methoxy groups -OCH3 is 1. The Labute approximate surface area is 91.8 Å². The van der Waals surface area contributed by atoms with Crippen LogP contribution in [0.15, 0.2) is 36.4 Å². The van der Waals surface area contributed by atoms with Gasteiger partial charge in [-0.3, -0.25) is 0 Å². The van der Waals surface area contributed by atoms with Crippen LogP contribution >= 0.6 is 15.9 Å². The van der Waals surface area contributed by atoms with Gasteiger partial charge in [0.25, 0.3) is 0 Å². The Morgan fingerprint density at radius 2 is 1.93 bits per heavy atom. The van der Waals surface area contributed by atoms with Crippen LogP contribution in [-0.4, -0.2) is 7.11 Å². The van der Waals surface area contributed by atoms with Crippen molar-refractivity contribution in [2.75, 3.05) is 7.11 Å². The van der Waals surface area contributed by atoms with Crippen LogP contribution in [0.5, 0.6) is 5.75 Å². The third kappa shape index (κ3) is 1.50. The Balaban J connectivity index is 2.77. The fraction of sp³-hybridized carbons (Fsp3) is 0.167. The molecule has 0 fully saturated rings. The average molecular weight is 251 g/mol. The molecule has 0 aliphatic carbocycles. The normalized spacial score (nSPS) is 10.4. The number of benzene rings is 2. The van der Waals surface area contributed by atoms with Crippen molar-refractivity contribution in [3.63, 3.8) is 0 Å². The van der Waals surface area contributed by atoms with Crippen LogP contribution in [0.2, 0.25) is 0 Å². The van der Waals surface area contributed by atoms with Crippen LogP contribution in [0.25, 0.3) is 10.8 Å². The predicted molar refractivity (Wildman–Crippen MR) is 63.1 cm³/mol. The van der Waals surface area contributed by atoms with Crippen molar-refractivity contribution in [3.8, 4) is 5.75 Å². The van der Waals surface area contributed by atoms with E-state index in [4.69, 9.17) is 4.74 Å². The molecule has 0 radical (unpaired) electrons. The standard InChI is InChI=1S/C12H11BrO/c1-14-12-7-6-9-4-2-3-5-10(9)11(12)8-13/h2-7H,8H2,1H3. The van der Waals surface area contributed by atoms with Crippen molar-refractivity contribution in [1.82, 2.24) is 0 Å². The van der Waals surface area contributed by atoms with Crippen molar-refractivity contribution in [2.24, 2.45) is 0 Å². The summed E-state index contributed by atoms with van der Waals surface area (Å²) < 4.78 is 5.31. The van der Waals surface area contributed by atoms with E-state index in [0.717, 1.165) is 11.1 Å². The van der Waals surface area contributed by atoms with Gasteiger partial charge >= 0.3 is 0 Å². The number of hydrogen-bond donors (Lipinski definition) is 0. The van der Waals surface area contributed by atoms with Crippen molar-refractivity contribution >= 4 is 26.7 Å². The second-order valence-corrected chi connectivity index (χ2v) is 3.66. The monoisotopic (exact) mass is 250 g/mol. The third-order valence-electron chi connectivity index (χ3n) is 2.35. The van der Waals surface area contributed by atoms with Crippen molar-refractivity contribution in [1.29, 1.82) is 0 Å². The molecule has 2 aromatic carbocycles. The molecule has 1 nitrogen and oxygen atoms in total. The molecule has 0 heterocycles. The Hall–Kier alpha value is -1.02. The summed E-state index contributed by atoms with van der Waals surface area (Å²) in [6.45, 7) is 0. The molecular formula is C12H11BrO. The number of fused-ring (bicyclic) bond motifs is 1. The number of rotatable bonds is 2. The zero-order valence-electron chi connectivity index (χ0n) is 7.96. The molecule has 0 saturated heterocycles. The first-order valence-electron chi connectivity index (χ1n) is 4.47. The zero-order chi connectivity index (χ0) is 9.97. The van der Waals surface area contributed by atoms with E-state index in [1.54, 1.807) is 7.11 Å². The summed E-state index contributed by atoms with van der Waals surface area (Å²) in [5.41, 5.74) is 1.21. The lowest BCUT2D eigenvalue weighted by Gasteiger charge is -2.09. The third-order valence-corrected chi connectivity index (χ3v) is 2.91. The maximum Gasteiger partial charge on any atom is 0.123 e. The van der Waals surface area contributed by atoms with Gasteiger partial charge in [0.1, 0.15) is 5.75 Å². The van der Waals surface area contributed by atoms with E-state index in [-0.39, 0.29) is 0 Å². The van der Waals surface area contributed by atoms with E-state index >= 15 is 0 Å². The van der Waals surface area contributed by atoms with Gasteiger partial charge in [-0.15, -0.1) is 0 Å². The summed E-state index contributed by atoms with van der Waals surface area (Å²) >= 11 is 3.49. The minimum atomic E-state index is 0.817. The highest BCUT2D eigenvalue weighted by Gasteiger charge is 2.05. The summed E-state index contributed by atoms with van der Waals surface area (Å²) in [5.74, 6) is 0.945. The molecule has 2 heteroatoms. The molecule has 2 rings (SSSR count). The van der Waals surface area contributed by atoms with Gasteiger partial charge in [0.15, 0.2) is 0 Å². The first-order chi connectivity index (χ1) is 6.86. The Bertz CT molecular complexity index is 451. The molecule has 0 spiro atoms. The molecule has 0 aliphatic rings. The summed E-state index contributed by atoms with van der Waals surface area (Å²) in [6, 6.07) is 12.4. The second kappa shape index (κ2) is 4.01. The largest absolute Gasteiger partial charge is 0.496 e. The average Bonchev–Trinajstić information content (AvgIpc) is 2.27. The number of hydrogen-bond acceptors (Lipinski definition) is 1. The fourth-order valence-electron chi connectivity index (χ4n) is 1.65. The number of halogens is 1. The summed E-state index contributed by atoms with van der Waals surface area (Å²) in [5, 5.41) is 3.32. The van der Waals surface area contributed by atoms with Gasteiger partial charge in [0, 0.05) is 10.9 Å². The molecule has 0 unspecified atom stereocenters. The van der Waals surface area contributed by atoms with Crippen LogP contribution in [0.3, 0.4) is 0 Å². The van der Waals surface area contributed by atoms with Gasteiger partial charge in [-0.1, -0.05) is 46.3 Å². The molecule has 0 amide bonds. The molecular weight excluding hydrogens is 240 g/mol. The van der Waals surface area contributed by atoms with E-state index in [0.29, 0.717) is 0 Å². The second-order valence-electron chi connectivity index (χ2n) is 3.10. The Kier molecular flexibility index (Phi) is 2.73. The first kappa shape index (κ1) is 9.53. The number of alkyl halides is 1. The van der Waals surface area contributed by atoms with E-state index < -0.39 is 0 Å². The predicted octanol–water partition coefficient (Wildman–Crippen LogP) is 3.74. The molecule has 0 saturated carbocycles. The van der Waals surface area contributed by atoms with Crippen molar-refractivity contribution < 1.29 is 4.74 Å². The highest BCUT2D eigenvalue weighted by molar-refractivity contribution is 9.08. The van der Waals surface area contributed by atoms with Gasteiger partial charge in [0.2, 0.25) is 0 Å². The topological polar surface area (TPSA) is 9.23 Å². The van der Waals surface area contributed by atoms with Crippen LogP contribution < -0.4 is 4.74 Å². The SMILES string of the molecule is COc1ccc2ccccc2c1CBr. The summed E-state index contributed by atoms with van der Waals surface area (Å²) in [6.07, 6.45) is 0. The molecule has 2 aromatic rings. The maximum atomic E-state index is 5.31.